The first-order valence-corrected chi connectivity index (χ1v) is 12.5. The van der Waals surface area contributed by atoms with Crippen molar-refractivity contribution in [2.45, 2.75) is 52.0 Å². The summed E-state index contributed by atoms with van der Waals surface area (Å²) in [6, 6.07) is 10.3. The Bertz CT molecular complexity index is 757. The first-order valence-electron chi connectivity index (χ1n) is 12.5. The van der Waals surface area contributed by atoms with Gasteiger partial charge in [0.25, 0.3) is 0 Å². The number of rotatable bonds is 6. The summed E-state index contributed by atoms with van der Waals surface area (Å²) in [5, 5.41) is 0. The van der Waals surface area contributed by atoms with Crippen LogP contribution in [0.5, 0.6) is 0 Å². The number of morpholine rings is 1. The maximum atomic E-state index is 13.7. The highest BCUT2D eigenvalue weighted by Gasteiger charge is 2.45. The summed E-state index contributed by atoms with van der Waals surface area (Å²) in [7, 11) is 0. The highest BCUT2D eigenvalue weighted by molar-refractivity contribution is 5.83. The van der Waals surface area contributed by atoms with Crippen molar-refractivity contribution in [1.82, 2.24) is 14.7 Å². The molecule has 0 aliphatic carbocycles. The highest BCUT2D eigenvalue weighted by atomic mass is 16.5. The zero-order valence-electron chi connectivity index (χ0n) is 19.6. The Morgan fingerprint density at radius 3 is 2.47 bits per heavy atom. The van der Waals surface area contributed by atoms with Crippen LogP contribution in [0.2, 0.25) is 0 Å². The van der Waals surface area contributed by atoms with Crippen molar-refractivity contribution >= 4 is 11.8 Å². The van der Waals surface area contributed by atoms with Gasteiger partial charge in [-0.05, 0) is 37.2 Å². The van der Waals surface area contributed by atoms with Crippen LogP contribution in [0.1, 0.15) is 51.0 Å². The van der Waals surface area contributed by atoms with Crippen molar-refractivity contribution < 1.29 is 14.3 Å². The molecule has 3 saturated heterocycles. The van der Waals surface area contributed by atoms with Crippen LogP contribution < -0.4 is 0 Å². The van der Waals surface area contributed by atoms with Crippen LogP contribution in [-0.4, -0.2) is 79.0 Å². The molecule has 0 radical (unpaired) electrons. The van der Waals surface area contributed by atoms with E-state index in [1.165, 1.54) is 5.56 Å². The van der Waals surface area contributed by atoms with Crippen molar-refractivity contribution in [2.75, 3.05) is 52.5 Å². The molecule has 0 spiro atoms. The fourth-order valence-electron chi connectivity index (χ4n) is 5.70. The number of amides is 2. The standard InChI is InChI=1S/C26H39N3O3/c1-26(12-5-6-13-29(25(26)31)21-22-7-3-2-4-8-22)23-9-15-28(16-10-23)24(30)11-14-27-17-19-32-20-18-27/h2-4,7-8,23H,5-6,9-21H2,1H3/t26-/m1/s1. The second kappa shape index (κ2) is 10.8. The molecule has 3 heterocycles. The average molecular weight is 442 g/mol. The lowest BCUT2D eigenvalue weighted by molar-refractivity contribution is -0.146. The molecule has 0 aromatic heterocycles. The van der Waals surface area contributed by atoms with E-state index in [9.17, 15) is 9.59 Å². The summed E-state index contributed by atoms with van der Waals surface area (Å²) >= 11 is 0. The van der Waals surface area contributed by atoms with E-state index in [1.54, 1.807) is 0 Å². The SMILES string of the molecule is C[C@]1(C2CCN(C(=O)CCN3CCOCC3)CC2)CCCCN(Cc2ccccc2)C1=O. The Morgan fingerprint density at radius 1 is 1.03 bits per heavy atom. The second-order valence-corrected chi connectivity index (χ2v) is 9.95. The molecule has 0 saturated carbocycles. The maximum absolute atomic E-state index is 13.7. The van der Waals surface area contributed by atoms with Crippen molar-refractivity contribution in [3.63, 3.8) is 0 Å². The van der Waals surface area contributed by atoms with Crippen LogP contribution in [0.15, 0.2) is 30.3 Å². The molecular formula is C26H39N3O3. The minimum atomic E-state index is -0.311. The largest absolute Gasteiger partial charge is 0.379 e. The van der Waals surface area contributed by atoms with Gasteiger partial charge in [-0.3, -0.25) is 14.5 Å². The van der Waals surface area contributed by atoms with Crippen LogP contribution in [0.3, 0.4) is 0 Å². The fourth-order valence-corrected chi connectivity index (χ4v) is 5.70. The summed E-state index contributed by atoms with van der Waals surface area (Å²) in [6.07, 6.45) is 5.60. The third-order valence-electron chi connectivity index (χ3n) is 7.86. The van der Waals surface area contributed by atoms with Gasteiger partial charge in [-0.25, -0.2) is 0 Å². The third-order valence-corrected chi connectivity index (χ3v) is 7.86. The Kier molecular flexibility index (Phi) is 7.84. The molecule has 3 fully saturated rings. The molecule has 2 amide bonds. The van der Waals surface area contributed by atoms with Gasteiger partial charge < -0.3 is 14.5 Å². The van der Waals surface area contributed by atoms with E-state index in [1.807, 2.05) is 23.1 Å². The number of hydrogen-bond donors (Lipinski definition) is 0. The van der Waals surface area contributed by atoms with Crippen LogP contribution in [0.4, 0.5) is 0 Å². The van der Waals surface area contributed by atoms with Gasteiger partial charge in [0.2, 0.25) is 11.8 Å². The molecule has 1 aromatic carbocycles. The average Bonchev–Trinajstić information content (AvgIpc) is 2.98. The lowest BCUT2D eigenvalue weighted by Crippen LogP contribution is -2.49. The number of ether oxygens (including phenoxy) is 1. The molecular weight excluding hydrogens is 402 g/mol. The van der Waals surface area contributed by atoms with Gasteiger partial charge in [0.1, 0.15) is 0 Å². The van der Waals surface area contributed by atoms with E-state index < -0.39 is 0 Å². The number of carbonyl (C=O) groups excluding carboxylic acids is 2. The van der Waals surface area contributed by atoms with Gasteiger partial charge in [-0.15, -0.1) is 0 Å². The topological polar surface area (TPSA) is 53.1 Å². The Hall–Kier alpha value is -1.92. The van der Waals surface area contributed by atoms with Gasteiger partial charge in [-0.2, -0.15) is 0 Å². The number of piperidine rings is 1. The zero-order valence-corrected chi connectivity index (χ0v) is 19.6. The normalized spacial score (nSPS) is 26.2. The second-order valence-electron chi connectivity index (χ2n) is 9.95. The number of nitrogens with zero attached hydrogens (tertiary/aromatic N) is 3. The van der Waals surface area contributed by atoms with Crippen LogP contribution in [0.25, 0.3) is 0 Å². The molecule has 4 rings (SSSR count). The molecule has 6 nitrogen and oxygen atoms in total. The summed E-state index contributed by atoms with van der Waals surface area (Å²) in [5.41, 5.74) is 0.889. The summed E-state index contributed by atoms with van der Waals surface area (Å²) in [5.74, 6) is 0.934. The number of carbonyl (C=O) groups is 2. The summed E-state index contributed by atoms with van der Waals surface area (Å²) < 4.78 is 5.39. The Labute approximate surface area is 192 Å². The van der Waals surface area contributed by atoms with Gasteiger partial charge >= 0.3 is 0 Å². The van der Waals surface area contributed by atoms with E-state index in [4.69, 9.17) is 4.74 Å². The molecule has 0 unspecified atom stereocenters. The van der Waals surface area contributed by atoms with E-state index >= 15 is 0 Å². The Balaban J connectivity index is 1.31. The summed E-state index contributed by atoms with van der Waals surface area (Å²) in [4.78, 5) is 32.9. The predicted octanol–water partition coefficient (Wildman–Crippen LogP) is 3.17. The molecule has 176 valence electrons. The first kappa shape index (κ1) is 23.2. The quantitative estimate of drug-likeness (QED) is 0.681. The van der Waals surface area contributed by atoms with Crippen molar-refractivity contribution in [1.29, 1.82) is 0 Å². The van der Waals surface area contributed by atoms with Crippen molar-refractivity contribution in [2.24, 2.45) is 11.3 Å². The monoisotopic (exact) mass is 441 g/mol. The molecule has 6 heteroatoms. The molecule has 3 aliphatic rings. The minimum absolute atomic E-state index is 0.262. The summed E-state index contributed by atoms with van der Waals surface area (Å²) in [6.45, 7) is 9.54. The van der Waals surface area contributed by atoms with Gasteiger partial charge in [-0.1, -0.05) is 43.7 Å². The zero-order chi connectivity index (χ0) is 22.4. The predicted molar refractivity (Wildman–Crippen MR) is 125 cm³/mol. The highest BCUT2D eigenvalue weighted by Crippen LogP contribution is 2.43. The van der Waals surface area contributed by atoms with E-state index in [-0.39, 0.29) is 11.3 Å². The molecule has 3 aliphatic heterocycles. The van der Waals surface area contributed by atoms with Gasteiger partial charge in [0, 0.05) is 57.6 Å². The molecule has 32 heavy (non-hydrogen) atoms. The third kappa shape index (κ3) is 5.52. The number of likely N-dealkylation sites (tertiary alicyclic amines) is 2. The molecule has 0 bridgehead atoms. The Morgan fingerprint density at radius 2 is 1.75 bits per heavy atom. The maximum Gasteiger partial charge on any atom is 0.229 e. The molecule has 1 aromatic rings. The lowest BCUT2D eigenvalue weighted by atomic mass is 9.69. The van der Waals surface area contributed by atoms with E-state index in [0.717, 1.165) is 84.6 Å². The van der Waals surface area contributed by atoms with Gasteiger partial charge in [0.05, 0.1) is 13.2 Å². The van der Waals surface area contributed by atoms with Crippen LogP contribution >= 0.6 is 0 Å². The number of hydrogen-bond acceptors (Lipinski definition) is 4. The first-order chi connectivity index (χ1) is 15.6. The van der Waals surface area contributed by atoms with E-state index in [0.29, 0.717) is 24.8 Å². The van der Waals surface area contributed by atoms with E-state index in [2.05, 4.69) is 28.9 Å². The number of benzene rings is 1. The van der Waals surface area contributed by atoms with Crippen molar-refractivity contribution in [3.05, 3.63) is 35.9 Å². The van der Waals surface area contributed by atoms with Gasteiger partial charge in [0.15, 0.2) is 0 Å². The smallest absolute Gasteiger partial charge is 0.229 e. The van der Waals surface area contributed by atoms with Crippen LogP contribution in [0, 0.1) is 11.3 Å². The van der Waals surface area contributed by atoms with Crippen molar-refractivity contribution in [3.8, 4) is 0 Å². The lowest BCUT2D eigenvalue weighted by Gasteiger charge is -2.43. The minimum Gasteiger partial charge on any atom is -0.379 e. The molecule has 0 N–H and O–H groups in total. The fraction of sp³-hybridized carbons (Fsp3) is 0.692. The van der Waals surface area contributed by atoms with Crippen LogP contribution in [-0.2, 0) is 20.9 Å². The molecule has 1 atom stereocenters.